The zero-order chi connectivity index (χ0) is 16.6. The number of hydroxylamine groups is 2. The largest absolute Gasteiger partial charge is 0.286 e. The molecule has 1 aromatic rings. The van der Waals surface area contributed by atoms with Crippen molar-refractivity contribution >= 4 is 5.91 Å². The number of hydrogen-bond donors (Lipinski definition) is 1. The van der Waals surface area contributed by atoms with Gasteiger partial charge in [-0.15, -0.1) is 0 Å². The summed E-state index contributed by atoms with van der Waals surface area (Å²) >= 11 is 0. The summed E-state index contributed by atoms with van der Waals surface area (Å²) in [6.45, 7) is 1.42. The van der Waals surface area contributed by atoms with Gasteiger partial charge in [-0.05, 0) is 19.9 Å². The number of rotatable bonds is 4. The lowest BCUT2D eigenvalue weighted by molar-refractivity contribution is -0.196. The van der Waals surface area contributed by atoms with Crippen molar-refractivity contribution in [1.82, 2.24) is 5.06 Å². The van der Waals surface area contributed by atoms with Crippen molar-refractivity contribution in [3.63, 3.8) is 0 Å². The van der Waals surface area contributed by atoms with Crippen LogP contribution in [0.1, 0.15) is 26.3 Å². The van der Waals surface area contributed by atoms with Crippen molar-refractivity contribution in [2.75, 3.05) is 0 Å². The van der Waals surface area contributed by atoms with Crippen molar-refractivity contribution in [2.45, 2.75) is 33.2 Å². The van der Waals surface area contributed by atoms with Gasteiger partial charge in [0.15, 0.2) is 11.6 Å². The zero-order valence-corrected chi connectivity index (χ0v) is 11.6. The fourth-order valence-corrected chi connectivity index (χ4v) is 1.43. The highest BCUT2D eigenvalue weighted by Gasteiger charge is 2.50. The van der Waals surface area contributed by atoms with Crippen molar-refractivity contribution in [3.8, 4) is 0 Å². The van der Waals surface area contributed by atoms with E-state index in [1.807, 2.05) is 0 Å². The molecule has 8 heteroatoms. The molecule has 0 spiro atoms. The minimum absolute atomic E-state index is 0.146. The summed E-state index contributed by atoms with van der Waals surface area (Å²) in [6.07, 6.45) is 0. The van der Waals surface area contributed by atoms with E-state index < -0.39 is 46.8 Å². The lowest BCUT2D eigenvalue weighted by Crippen LogP contribution is -2.48. The molecule has 0 fully saturated rings. The highest BCUT2D eigenvalue weighted by Crippen LogP contribution is 2.37. The highest BCUT2D eigenvalue weighted by molar-refractivity contribution is 5.82. The molecule has 1 rings (SSSR count). The molecule has 0 aromatic heterocycles. The van der Waals surface area contributed by atoms with Crippen LogP contribution in [-0.4, -0.2) is 22.1 Å². The predicted octanol–water partition coefficient (Wildman–Crippen LogP) is 3.50. The third-order valence-electron chi connectivity index (χ3n) is 3.28. The maximum Gasteiger partial charge on any atom is 0.259 e. The van der Waals surface area contributed by atoms with Crippen LogP contribution in [0.5, 0.6) is 0 Å². The Morgan fingerprint density at radius 1 is 1.10 bits per heavy atom. The molecule has 0 unspecified atom stereocenters. The van der Waals surface area contributed by atoms with Crippen LogP contribution in [0.25, 0.3) is 0 Å². The molecule has 0 atom stereocenters. The van der Waals surface area contributed by atoms with Gasteiger partial charge in [0, 0.05) is 18.6 Å². The molecule has 3 nitrogen and oxygen atoms in total. The third kappa shape index (κ3) is 3.49. The first kappa shape index (κ1) is 17.4. The van der Waals surface area contributed by atoms with Gasteiger partial charge in [-0.25, -0.2) is 27.0 Å². The molecule has 0 bridgehead atoms. The molecule has 0 heterocycles. The number of benzene rings is 1. The Balaban J connectivity index is 2.99. The molecule has 0 saturated heterocycles. The van der Waals surface area contributed by atoms with Crippen LogP contribution >= 0.6 is 0 Å². The first-order chi connectivity index (χ1) is 9.37. The van der Waals surface area contributed by atoms with Crippen molar-refractivity contribution in [1.29, 1.82) is 0 Å². The first-order valence-electron chi connectivity index (χ1n) is 5.90. The zero-order valence-electron chi connectivity index (χ0n) is 11.6. The van der Waals surface area contributed by atoms with Gasteiger partial charge >= 0.3 is 0 Å². The van der Waals surface area contributed by atoms with Crippen LogP contribution < -0.4 is 0 Å². The molecule has 1 amide bonds. The molecule has 0 aliphatic carbocycles. The Hall–Kier alpha value is -1.70. The molecule has 0 radical (unpaired) electrons. The second-order valence-corrected chi connectivity index (χ2v) is 5.23. The summed E-state index contributed by atoms with van der Waals surface area (Å²) in [4.78, 5) is 11.8. The van der Waals surface area contributed by atoms with E-state index in [9.17, 15) is 32.0 Å². The monoisotopic (exact) mass is 311 g/mol. The second-order valence-electron chi connectivity index (χ2n) is 5.23. The van der Waals surface area contributed by atoms with Crippen LogP contribution in [0, 0.1) is 22.9 Å². The molecule has 0 aliphatic rings. The van der Waals surface area contributed by atoms with Gasteiger partial charge in [-0.1, -0.05) is 0 Å². The third-order valence-corrected chi connectivity index (χ3v) is 3.28. The van der Waals surface area contributed by atoms with Crippen LogP contribution in [0.4, 0.5) is 22.0 Å². The Bertz CT molecular complexity index is 554. The summed E-state index contributed by atoms with van der Waals surface area (Å²) in [5, 5.41) is 9.38. The smallest absolute Gasteiger partial charge is 0.259 e. The molecule has 21 heavy (non-hydrogen) atoms. The molecule has 0 aliphatic heterocycles. The van der Waals surface area contributed by atoms with Crippen LogP contribution in [0.2, 0.25) is 0 Å². The maximum absolute atomic E-state index is 13.4. The van der Waals surface area contributed by atoms with Gasteiger partial charge in [-0.3, -0.25) is 10.0 Å². The SMILES string of the molecule is CC(F)(F)C(C)(C)C(=O)N(O)Cc1cc(F)c(F)cc1F. The normalized spacial score (nSPS) is 12.4. The number of carbonyl (C=O) groups excluding carboxylic acids is 1. The lowest BCUT2D eigenvalue weighted by atomic mass is 9.85. The van der Waals surface area contributed by atoms with Gasteiger partial charge < -0.3 is 0 Å². The summed E-state index contributed by atoms with van der Waals surface area (Å²) in [5.74, 6) is -8.85. The molecule has 1 aromatic carbocycles. The summed E-state index contributed by atoms with van der Waals surface area (Å²) in [6, 6.07) is 0.681. The van der Waals surface area contributed by atoms with Crippen molar-refractivity contribution in [3.05, 3.63) is 35.1 Å². The number of carbonyl (C=O) groups is 1. The summed E-state index contributed by atoms with van der Waals surface area (Å²) in [5.41, 5.74) is -2.79. The van der Waals surface area contributed by atoms with E-state index in [4.69, 9.17) is 0 Å². The van der Waals surface area contributed by atoms with E-state index in [-0.39, 0.29) is 11.1 Å². The fraction of sp³-hybridized carbons (Fsp3) is 0.462. The molecule has 1 N–H and O–H groups in total. The van der Waals surface area contributed by atoms with Crippen LogP contribution in [0.3, 0.4) is 0 Å². The van der Waals surface area contributed by atoms with Crippen LogP contribution in [0.15, 0.2) is 12.1 Å². The lowest BCUT2D eigenvalue weighted by Gasteiger charge is -2.32. The fourth-order valence-electron chi connectivity index (χ4n) is 1.43. The minimum atomic E-state index is -3.45. The van der Waals surface area contributed by atoms with Crippen molar-refractivity contribution < 1.29 is 32.0 Å². The number of nitrogens with zero attached hydrogens (tertiary/aromatic N) is 1. The van der Waals surface area contributed by atoms with E-state index >= 15 is 0 Å². The number of halogens is 5. The molecular formula is C13H14F5NO2. The van der Waals surface area contributed by atoms with Gasteiger partial charge in [0.2, 0.25) is 0 Å². The molecule has 118 valence electrons. The van der Waals surface area contributed by atoms with E-state index in [0.29, 0.717) is 13.0 Å². The van der Waals surface area contributed by atoms with E-state index in [2.05, 4.69) is 0 Å². The van der Waals surface area contributed by atoms with Gasteiger partial charge in [-0.2, -0.15) is 0 Å². The average molecular weight is 311 g/mol. The quantitative estimate of drug-likeness (QED) is 0.400. The maximum atomic E-state index is 13.4. The minimum Gasteiger partial charge on any atom is -0.286 e. The number of hydrogen-bond acceptors (Lipinski definition) is 2. The Kier molecular flexibility index (Phi) is 4.62. The van der Waals surface area contributed by atoms with Crippen LogP contribution in [-0.2, 0) is 11.3 Å². The number of alkyl halides is 2. The molecule has 0 saturated carbocycles. The standard InChI is InChI=1S/C13H14F5NO2/c1-12(2,13(3,17)18)11(20)19(21)6-7-4-9(15)10(16)5-8(7)14/h4-5,21H,6H2,1-3H3. The Morgan fingerprint density at radius 3 is 2.05 bits per heavy atom. The van der Waals surface area contributed by atoms with E-state index in [1.165, 1.54) is 0 Å². The van der Waals surface area contributed by atoms with E-state index in [1.54, 1.807) is 0 Å². The average Bonchev–Trinajstić information content (AvgIpc) is 2.33. The Morgan fingerprint density at radius 2 is 1.57 bits per heavy atom. The molecular weight excluding hydrogens is 297 g/mol. The topological polar surface area (TPSA) is 40.5 Å². The van der Waals surface area contributed by atoms with Gasteiger partial charge in [0.1, 0.15) is 11.2 Å². The van der Waals surface area contributed by atoms with Crippen molar-refractivity contribution in [2.24, 2.45) is 5.41 Å². The predicted molar refractivity (Wildman–Crippen MR) is 63.1 cm³/mol. The summed E-state index contributed by atoms with van der Waals surface area (Å²) < 4.78 is 65.7. The summed E-state index contributed by atoms with van der Waals surface area (Å²) in [7, 11) is 0. The Labute approximate surface area is 117 Å². The second kappa shape index (κ2) is 5.59. The van der Waals surface area contributed by atoms with Gasteiger partial charge in [0.05, 0.1) is 6.54 Å². The highest BCUT2D eigenvalue weighted by atomic mass is 19.3. The number of amides is 1. The van der Waals surface area contributed by atoms with Gasteiger partial charge in [0.25, 0.3) is 11.8 Å². The van der Waals surface area contributed by atoms with E-state index in [0.717, 1.165) is 13.8 Å². The first-order valence-corrected chi connectivity index (χ1v) is 5.90.